The van der Waals surface area contributed by atoms with Crippen molar-refractivity contribution in [3.8, 4) is 5.75 Å². The van der Waals surface area contributed by atoms with Crippen molar-refractivity contribution in [2.24, 2.45) is 0 Å². The van der Waals surface area contributed by atoms with Gasteiger partial charge < -0.3 is 20.1 Å². The molecule has 21 heavy (non-hydrogen) atoms. The van der Waals surface area contributed by atoms with E-state index < -0.39 is 5.97 Å². The summed E-state index contributed by atoms with van der Waals surface area (Å²) in [6.07, 6.45) is 1.39. The summed E-state index contributed by atoms with van der Waals surface area (Å²) in [5.41, 5.74) is 0.167. The Morgan fingerprint density at radius 3 is 2.95 bits per heavy atom. The van der Waals surface area contributed by atoms with Crippen LogP contribution >= 0.6 is 0 Å². The number of nitrogens with zero attached hydrogens (tertiary/aromatic N) is 1. The molecule has 1 fully saturated rings. The summed E-state index contributed by atoms with van der Waals surface area (Å²) >= 11 is 0. The van der Waals surface area contributed by atoms with E-state index in [1.54, 1.807) is 30.1 Å². The minimum absolute atomic E-state index is 0.167. The highest BCUT2D eigenvalue weighted by Gasteiger charge is 2.22. The van der Waals surface area contributed by atoms with Crippen molar-refractivity contribution in [2.75, 3.05) is 26.7 Å². The predicted octanol–water partition coefficient (Wildman–Crippen LogP) is 0.974. The topological polar surface area (TPSA) is 78.9 Å². The van der Waals surface area contributed by atoms with Crippen molar-refractivity contribution in [2.45, 2.75) is 18.9 Å². The van der Waals surface area contributed by atoms with Gasteiger partial charge in [0.2, 0.25) is 5.91 Å². The first-order valence-electron chi connectivity index (χ1n) is 7.00. The molecule has 2 rings (SSSR count). The summed E-state index contributed by atoms with van der Waals surface area (Å²) in [6.45, 7) is 1.70. The molecule has 0 aromatic heterocycles. The molecule has 0 radical (unpaired) electrons. The normalized spacial score (nSPS) is 18.6. The van der Waals surface area contributed by atoms with E-state index in [1.807, 2.05) is 0 Å². The lowest BCUT2D eigenvalue weighted by Gasteiger charge is -2.30. The number of likely N-dealkylation sites (tertiary alicyclic amines) is 1. The van der Waals surface area contributed by atoms with E-state index in [-0.39, 0.29) is 17.5 Å². The van der Waals surface area contributed by atoms with E-state index in [4.69, 9.17) is 9.84 Å². The summed E-state index contributed by atoms with van der Waals surface area (Å²) < 4.78 is 5.51. The lowest BCUT2D eigenvalue weighted by atomic mass is 10.1. The van der Waals surface area contributed by atoms with E-state index in [2.05, 4.69) is 5.32 Å². The van der Waals surface area contributed by atoms with E-state index in [0.717, 1.165) is 6.42 Å². The van der Waals surface area contributed by atoms with Crippen LogP contribution in [0.25, 0.3) is 0 Å². The number of piperidine rings is 1. The van der Waals surface area contributed by atoms with Gasteiger partial charge in [0.25, 0.3) is 0 Å². The predicted molar refractivity (Wildman–Crippen MR) is 77.6 cm³/mol. The fraction of sp³-hybridized carbons (Fsp3) is 0.467. The highest BCUT2D eigenvalue weighted by atomic mass is 16.5. The van der Waals surface area contributed by atoms with E-state index >= 15 is 0 Å². The number of rotatable bonds is 6. The number of para-hydroxylation sites is 1. The van der Waals surface area contributed by atoms with Crippen molar-refractivity contribution in [3.05, 3.63) is 29.8 Å². The fourth-order valence-corrected chi connectivity index (χ4v) is 2.37. The zero-order chi connectivity index (χ0) is 15.2. The molecule has 0 aliphatic carbocycles. The SMILES string of the molecule is CN1CC(NCCOc2ccccc2C(=O)O)CCC1=O. The number of likely N-dealkylation sites (N-methyl/N-ethyl adjacent to an activating group) is 1. The summed E-state index contributed by atoms with van der Waals surface area (Å²) in [6, 6.07) is 6.86. The van der Waals surface area contributed by atoms with Crippen molar-refractivity contribution >= 4 is 11.9 Å². The molecule has 114 valence electrons. The second-order valence-corrected chi connectivity index (χ2v) is 5.11. The third kappa shape index (κ3) is 4.19. The first-order chi connectivity index (χ1) is 10.1. The van der Waals surface area contributed by atoms with Crippen molar-refractivity contribution < 1.29 is 19.4 Å². The van der Waals surface area contributed by atoms with E-state index in [1.165, 1.54) is 6.07 Å². The van der Waals surface area contributed by atoms with Gasteiger partial charge in [0.05, 0.1) is 0 Å². The minimum atomic E-state index is -0.994. The molecule has 2 N–H and O–H groups in total. The summed E-state index contributed by atoms with van der Waals surface area (Å²) in [4.78, 5) is 24.1. The molecule has 6 nitrogen and oxygen atoms in total. The molecule has 1 saturated heterocycles. The number of carboxylic acids is 1. The van der Waals surface area contributed by atoms with Crippen molar-refractivity contribution in [1.82, 2.24) is 10.2 Å². The van der Waals surface area contributed by atoms with Crippen LogP contribution in [0.4, 0.5) is 0 Å². The quantitative estimate of drug-likeness (QED) is 0.764. The smallest absolute Gasteiger partial charge is 0.339 e. The summed E-state index contributed by atoms with van der Waals surface area (Å²) in [5.74, 6) is -0.437. The van der Waals surface area contributed by atoms with Crippen LogP contribution in [-0.4, -0.2) is 54.7 Å². The number of carboxylic acid groups (broad SMARTS) is 1. The molecule has 1 amide bonds. The Morgan fingerprint density at radius 1 is 1.48 bits per heavy atom. The first-order valence-corrected chi connectivity index (χ1v) is 7.00. The van der Waals surface area contributed by atoms with Gasteiger partial charge in [-0.15, -0.1) is 0 Å². The van der Waals surface area contributed by atoms with Gasteiger partial charge in [-0.3, -0.25) is 4.79 Å². The molecular formula is C15H20N2O4. The number of hydrogen-bond donors (Lipinski definition) is 2. The molecule has 1 aromatic carbocycles. The lowest BCUT2D eigenvalue weighted by molar-refractivity contribution is -0.132. The van der Waals surface area contributed by atoms with Crippen LogP contribution in [0.2, 0.25) is 0 Å². The maximum Gasteiger partial charge on any atom is 0.339 e. The Hall–Kier alpha value is -2.08. The molecule has 1 atom stereocenters. The number of amides is 1. The van der Waals surface area contributed by atoms with Gasteiger partial charge in [0.15, 0.2) is 0 Å². The number of carbonyl (C=O) groups excluding carboxylic acids is 1. The van der Waals surface area contributed by atoms with Crippen LogP contribution in [0.5, 0.6) is 5.75 Å². The first kappa shape index (κ1) is 15.3. The molecule has 6 heteroatoms. The van der Waals surface area contributed by atoms with Gasteiger partial charge in [-0.05, 0) is 18.6 Å². The number of ether oxygens (including phenoxy) is 1. The molecule has 1 aromatic rings. The van der Waals surface area contributed by atoms with Gasteiger partial charge in [0.1, 0.15) is 17.9 Å². The van der Waals surface area contributed by atoms with Gasteiger partial charge in [-0.25, -0.2) is 4.79 Å². The average molecular weight is 292 g/mol. The second-order valence-electron chi connectivity index (χ2n) is 5.11. The Kier molecular flexibility index (Phi) is 5.16. The largest absolute Gasteiger partial charge is 0.491 e. The fourth-order valence-electron chi connectivity index (χ4n) is 2.37. The standard InChI is InChI=1S/C15H20N2O4/c1-17-10-11(6-7-14(17)18)16-8-9-21-13-5-3-2-4-12(13)15(19)20/h2-5,11,16H,6-10H2,1H3,(H,19,20). The molecule has 1 heterocycles. The number of carbonyl (C=O) groups is 2. The van der Waals surface area contributed by atoms with Crippen molar-refractivity contribution in [1.29, 1.82) is 0 Å². The molecule has 1 aliphatic heterocycles. The van der Waals surface area contributed by atoms with Crippen LogP contribution < -0.4 is 10.1 Å². The van der Waals surface area contributed by atoms with E-state index in [9.17, 15) is 9.59 Å². The van der Waals surface area contributed by atoms with Crippen LogP contribution in [0.3, 0.4) is 0 Å². The molecule has 0 spiro atoms. The molecule has 0 saturated carbocycles. The minimum Gasteiger partial charge on any atom is -0.491 e. The Labute approximate surface area is 123 Å². The molecule has 1 aliphatic rings. The maximum atomic E-state index is 11.4. The van der Waals surface area contributed by atoms with Gasteiger partial charge >= 0.3 is 5.97 Å². The monoisotopic (exact) mass is 292 g/mol. The summed E-state index contributed by atoms with van der Waals surface area (Å²) in [7, 11) is 1.80. The van der Waals surface area contributed by atoms with Crippen LogP contribution in [0.1, 0.15) is 23.2 Å². The molecular weight excluding hydrogens is 272 g/mol. The van der Waals surface area contributed by atoms with Gasteiger partial charge in [0, 0.05) is 32.6 Å². The molecule has 0 bridgehead atoms. The Morgan fingerprint density at radius 2 is 2.24 bits per heavy atom. The Bertz CT molecular complexity index is 518. The number of benzene rings is 1. The lowest BCUT2D eigenvalue weighted by Crippen LogP contribution is -2.47. The third-order valence-electron chi connectivity index (χ3n) is 3.54. The number of aromatic carboxylic acids is 1. The highest BCUT2D eigenvalue weighted by molar-refractivity contribution is 5.90. The van der Waals surface area contributed by atoms with Crippen molar-refractivity contribution in [3.63, 3.8) is 0 Å². The average Bonchev–Trinajstić information content (AvgIpc) is 2.47. The van der Waals surface area contributed by atoms with Crippen LogP contribution in [-0.2, 0) is 4.79 Å². The number of nitrogens with one attached hydrogen (secondary N) is 1. The van der Waals surface area contributed by atoms with Gasteiger partial charge in [-0.1, -0.05) is 12.1 Å². The number of hydrogen-bond acceptors (Lipinski definition) is 4. The maximum absolute atomic E-state index is 11.4. The second kappa shape index (κ2) is 7.08. The zero-order valence-corrected chi connectivity index (χ0v) is 12.0. The van der Waals surface area contributed by atoms with Gasteiger partial charge in [-0.2, -0.15) is 0 Å². The van der Waals surface area contributed by atoms with E-state index in [0.29, 0.717) is 31.9 Å². The molecule has 1 unspecified atom stereocenters. The Balaban J connectivity index is 1.75. The highest BCUT2D eigenvalue weighted by Crippen LogP contribution is 2.17. The van der Waals surface area contributed by atoms with Crippen LogP contribution in [0, 0.1) is 0 Å². The third-order valence-corrected chi connectivity index (χ3v) is 3.54. The summed E-state index contributed by atoms with van der Waals surface area (Å²) in [5, 5.41) is 12.4. The zero-order valence-electron chi connectivity index (χ0n) is 12.0. The van der Waals surface area contributed by atoms with Crippen LogP contribution in [0.15, 0.2) is 24.3 Å².